The Labute approximate surface area is 86.0 Å². The lowest BCUT2D eigenvalue weighted by atomic mass is 10.2. The maximum Gasteiger partial charge on any atom is 0.268 e. The molecule has 5 heteroatoms. The summed E-state index contributed by atoms with van der Waals surface area (Å²) in [5.41, 5.74) is 7.01. The molecule has 2 heterocycles. The second kappa shape index (κ2) is 4.02. The van der Waals surface area contributed by atoms with Crippen molar-refractivity contribution in [3.8, 4) is 11.4 Å². The third-order valence-corrected chi connectivity index (χ3v) is 2.03. The highest BCUT2D eigenvalue weighted by Gasteiger charge is 2.03. The number of nitrogens with one attached hydrogen (secondary N) is 1. The van der Waals surface area contributed by atoms with Gasteiger partial charge in [-0.25, -0.2) is 5.10 Å². The van der Waals surface area contributed by atoms with Crippen LogP contribution in [0.4, 0.5) is 0 Å². The number of nitrogens with zero attached hydrogens (tertiary/aromatic N) is 2. The Hall–Kier alpha value is -2.01. The topological polar surface area (TPSA) is 84.7 Å². The van der Waals surface area contributed by atoms with Gasteiger partial charge in [-0.15, -0.1) is 0 Å². The first-order valence-corrected chi connectivity index (χ1v) is 4.51. The summed E-state index contributed by atoms with van der Waals surface area (Å²) in [5, 5.41) is 6.29. The Bertz CT molecular complexity index is 506. The molecule has 0 aliphatic carbocycles. The van der Waals surface area contributed by atoms with Crippen molar-refractivity contribution >= 4 is 0 Å². The first-order valence-electron chi connectivity index (χ1n) is 4.51. The molecule has 0 aliphatic heterocycles. The molecule has 2 rings (SSSR count). The fourth-order valence-corrected chi connectivity index (χ4v) is 1.24. The largest absolute Gasteiger partial charge is 0.326 e. The smallest absolute Gasteiger partial charge is 0.268 e. The van der Waals surface area contributed by atoms with Gasteiger partial charge in [0.25, 0.3) is 5.56 Å². The summed E-state index contributed by atoms with van der Waals surface area (Å²) < 4.78 is 0. The monoisotopic (exact) mass is 202 g/mol. The summed E-state index contributed by atoms with van der Waals surface area (Å²) in [6.07, 6.45) is 1.67. The van der Waals surface area contributed by atoms with Crippen molar-refractivity contribution in [1.82, 2.24) is 15.2 Å². The predicted molar refractivity (Wildman–Crippen MR) is 56.0 cm³/mol. The van der Waals surface area contributed by atoms with Crippen LogP contribution in [-0.2, 0) is 6.54 Å². The molecule has 0 aliphatic rings. The maximum absolute atomic E-state index is 11.2. The van der Waals surface area contributed by atoms with Crippen molar-refractivity contribution in [2.45, 2.75) is 6.54 Å². The summed E-state index contributed by atoms with van der Waals surface area (Å²) in [6, 6.07) is 7.15. The van der Waals surface area contributed by atoms with Crippen molar-refractivity contribution in [3.63, 3.8) is 0 Å². The zero-order valence-electron chi connectivity index (χ0n) is 7.97. The van der Waals surface area contributed by atoms with Crippen LogP contribution in [0, 0.1) is 0 Å². The standard InChI is InChI=1S/C10H10N4O/c11-6-7-5-9(13-14-10(7)15)8-3-1-2-4-12-8/h1-5H,6,11H2,(H,14,15). The van der Waals surface area contributed by atoms with Gasteiger partial charge in [0.15, 0.2) is 0 Å². The summed E-state index contributed by atoms with van der Waals surface area (Å²) >= 11 is 0. The van der Waals surface area contributed by atoms with Crippen LogP contribution in [0.25, 0.3) is 11.4 Å². The van der Waals surface area contributed by atoms with Crippen molar-refractivity contribution in [3.05, 3.63) is 46.4 Å². The molecule has 5 nitrogen and oxygen atoms in total. The number of hydrogen-bond donors (Lipinski definition) is 2. The summed E-state index contributed by atoms with van der Waals surface area (Å²) in [5.74, 6) is 0. The Morgan fingerprint density at radius 1 is 1.33 bits per heavy atom. The van der Waals surface area contributed by atoms with E-state index in [-0.39, 0.29) is 12.1 Å². The molecule has 0 spiro atoms. The molecule has 0 radical (unpaired) electrons. The van der Waals surface area contributed by atoms with E-state index in [9.17, 15) is 4.79 Å². The first-order chi connectivity index (χ1) is 7.31. The van der Waals surface area contributed by atoms with E-state index in [1.807, 2.05) is 18.2 Å². The molecule has 3 N–H and O–H groups in total. The average Bonchev–Trinajstić information content (AvgIpc) is 2.31. The number of H-pyrrole nitrogens is 1. The molecule has 15 heavy (non-hydrogen) atoms. The number of aromatic amines is 1. The van der Waals surface area contributed by atoms with Gasteiger partial charge in [0.2, 0.25) is 0 Å². The van der Waals surface area contributed by atoms with E-state index in [1.54, 1.807) is 12.3 Å². The van der Waals surface area contributed by atoms with Crippen LogP contribution in [0.3, 0.4) is 0 Å². The molecular weight excluding hydrogens is 192 g/mol. The fourth-order valence-electron chi connectivity index (χ4n) is 1.24. The molecule has 0 saturated heterocycles. The van der Waals surface area contributed by atoms with E-state index in [4.69, 9.17) is 5.73 Å². The van der Waals surface area contributed by atoms with E-state index in [1.165, 1.54) is 0 Å². The lowest BCUT2D eigenvalue weighted by Gasteiger charge is -2.00. The molecule has 0 amide bonds. The van der Waals surface area contributed by atoms with Crippen LogP contribution in [0.5, 0.6) is 0 Å². The van der Waals surface area contributed by atoms with Crippen LogP contribution in [0.1, 0.15) is 5.56 Å². The Balaban J connectivity index is 2.51. The third kappa shape index (κ3) is 1.92. The van der Waals surface area contributed by atoms with Gasteiger partial charge in [0.05, 0.1) is 5.69 Å². The molecule has 2 aromatic heterocycles. The zero-order valence-corrected chi connectivity index (χ0v) is 7.97. The minimum atomic E-state index is -0.253. The molecule has 0 unspecified atom stereocenters. The average molecular weight is 202 g/mol. The van der Waals surface area contributed by atoms with Gasteiger partial charge >= 0.3 is 0 Å². The highest BCUT2D eigenvalue weighted by Crippen LogP contribution is 2.11. The second-order valence-electron chi connectivity index (χ2n) is 3.03. The maximum atomic E-state index is 11.2. The van der Waals surface area contributed by atoms with Gasteiger partial charge in [-0.3, -0.25) is 9.78 Å². The molecule has 0 atom stereocenters. The molecule has 0 aromatic carbocycles. The minimum Gasteiger partial charge on any atom is -0.326 e. The summed E-state index contributed by atoms with van der Waals surface area (Å²) in [6.45, 7) is 0.192. The van der Waals surface area contributed by atoms with Crippen LogP contribution in [0.15, 0.2) is 35.3 Å². The number of pyridine rings is 1. The Morgan fingerprint density at radius 2 is 2.20 bits per heavy atom. The molecule has 0 bridgehead atoms. The SMILES string of the molecule is NCc1cc(-c2ccccn2)n[nH]c1=O. The summed E-state index contributed by atoms with van der Waals surface area (Å²) in [7, 11) is 0. The number of rotatable bonds is 2. The third-order valence-electron chi connectivity index (χ3n) is 2.03. The fraction of sp³-hybridized carbons (Fsp3) is 0.100. The normalized spacial score (nSPS) is 10.2. The van der Waals surface area contributed by atoms with E-state index < -0.39 is 0 Å². The Kier molecular flexibility index (Phi) is 2.55. The van der Waals surface area contributed by atoms with Crippen LogP contribution in [-0.4, -0.2) is 15.2 Å². The number of hydrogen-bond acceptors (Lipinski definition) is 4. The molecular formula is C10H10N4O. The molecule has 76 valence electrons. The van der Waals surface area contributed by atoms with Crippen LogP contribution in [0.2, 0.25) is 0 Å². The van der Waals surface area contributed by atoms with E-state index >= 15 is 0 Å². The van der Waals surface area contributed by atoms with Gasteiger partial charge in [-0.05, 0) is 18.2 Å². The second-order valence-corrected chi connectivity index (χ2v) is 3.03. The minimum absolute atomic E-state index is 0.192. The lowest BCUT2D eigenvalue weighted by Crippen LogP contribution is -2.17. The van der Waals surface area contributed by atoms with Crippen LogP contribution < -0.4 is 11.3 Å². The number of aromatic nitrogens is 3. The van der Waals surface area contributed by atoms with Crippen molar-refractivity contribution in [1.29, 1.82) is 0 Å². The van der Waals surface area contributed by atoms with E-state index in [0.29, 0.717) is 17.0 Å². The lowest BCUT2D eigenvalue weighted by molar-refractivity contribution is 0.926. The van der Waals surface area contributed by atoms with E-state index in [2.05, 4.69) is 15.2 Å². The summed E-state index contributed by atoms with van der Waals surface area (Å²) in [4.78, 5) is 15.3. The van der Waals surface area contributed by atoms with Gasteiger partial charge < -0.3 is 5.73 Å². The highest BCUT2D eigenvalue weighted by atomic mass is 16.1. The number of nitrogens with two attached hydrogens (primary N) is 1. The van der Waals surface area contributed by atoms with Crippen molar-refractivity contribution in [2.24, 2.45) is 5.73 Å². The van der Waals surface area contributed by atoms with Gasteiger partial charge in [-0.1, -0.05) is 6.07 Å². The first kappa shape index (κ1) is 9.54. The van der Waals surface area contributed by atoms with Crippen LogP contribution >= 0.6 is 0 Å². The van der Waals surface area contributed by atoms with Crippen molar-refractivity contribution in [2.75, 3.05) is 0 Å². The van der Waals surface area contributed by atoms with Gasteiger partial charge in [0, 0.05) is 18.3 Å². The van der Waals surface area contributed by atoms with E-state index in [0.717, 1.165) is 0 Å². The highest BCUT2D eigenvalue weighted by molar-refractivity contribution is 5.53. The predicted octanol–water partition coefficient (Wildman–Crippen LogP) is 0.291. The molecule has 0 fully saturated rings. The van der Waals surface area contributed by atoms with Gasteiger partial charge in [-0.2, -0.15) is 5.10 Å². The Morgan fingerprint density at radius 3 is 2.87 bits per heavy atom. The van der Waals surface area contributed by atoms with Crippen molar-refractivity contribution < 1.29 is 0 Å². The van der Waals surface area contributed by atoms with Gasteiger partial charge in [0.1, 0.15) is 5.69 Å². The molecule has 2 aromatic rings. The zero-order chi connectivity index (χ0) is 10.7. The molecule has 0 saturated carbocycles. The quantitative estimate of drug-likeness (QED) is 0.733.